The fraction of sp³-hybridized carbons (Fsp3) is 0.333. The van der Waals surface area contributed by atoms with Gasteiger partial charge in [0.15, 0.2) is 0 Å². The van der Waals surface area contributed by atoms with Gasteiger partial charge in [-0.2, -0.15) is 0 Å². The number of rotatable bonds is 7. The highest BCUT2D eigenvalue weighted by molar-refractivity contribution is 7.80. The van der Waals surface area contributed by atoms with E-state index in [-0.39, 0.29) is 0 Å². The van der Waals surface area contributed by atoms with Crippen molar-refractivity contribution < 1.29 is 4.74 Å². The molecular formula is C15H19N3OS. The van der Waals surface area contributed by atoms with Crippen molar-refractivity contribution in [2.24, 2.45) is 5.73 Å². The van der Waals surface area contributed by atoms with E-state index in [9.17, 15) is 0 Å². The molecule has 4 nitrogen and oxygen atoms in total. The summed E-state index contributed by atoms with van der Waals surface area (Å²) in [6, 6.07) is 12.2. The van der Waals surface area contributed by atoms with E-state index in [0.717, 1.165) is 29.8 Å². The van der Waals surface area contributed by atoms with Crippen molar-refractivity contribution in [3.8, 4) is 0 Å². The minimum absolute atomic E-state index is 0.521. The number of nitrogens with two attached hydrogens (primary N) is 1. The van der Waals surface area contributed by atoms with Crippen molar-refractivity contribution in [2.75, 3.05) is 31.7 Å². The number of aromatic nitrogens is 1. The first-order chi connectivity index (χ1) is 9.70. The van der Waals surface area contributed by atoms with Gasteiger partial charge in [0, 0.05) is 32.0 Å². The molecule has 0 saturated carbocycles. The van der Waals surface area contributed by atoms with Crippen molar-refractivity contribution in [3.63, 3.8) is 0 Å². The van der Waals surface area contributed by atoms with Crippen LogP contribution in [0.4, 0.5) is 5.82 Å². The molecule has 0 radical (unpaired) electrons. The second-order valence-electron chi connectivity index (χ2n) is 4.56. The SMILES string of the molecule is COCCN(CCC(N)=S)c1ccc2ccccc2n1. The number of hydrogen-bond donors (Lipinski definition) is 1. The largest absolute Gasteiger partial charge is 0.393 e. The Labute approximate surface area is 124 Å². The quantitative estimate of drug-likeness (QED) is 0.793. The normalized spacial score (nSPS) is 10.7. The van der Waals surface area contributed by atoms with E-state index in [1.807, 2.05) is 24.3 Å². The van der Waals surface area contributed by atoms with Crippen molar-refractivity contribution in [1.29, 1.82) is 0 Å². The van der Waals surface area contributed by atoms with E-state index in [1.165, 1.54) is 0 Å². The van der Waals surface area contributed by atoms with Gasteiger partial charge in [-0.25, -0.2) is 4.98 Å². The van der Waals surface area contributed by atoms with E-state index < -0.39 is 0 Å². The number of benzene rings is 1. The highest BCUT2D eigenvalue weighted by Crippen LogP contribution is 2.18. The number of methoxy groups -OCH3 is 1. The van der Waals surface area contributed by atoms with Crippen LogP contribution in [0.25, 0.3) is 10.9 Å². The predicted molar refractivity (Wildman–Crippen MR) is 87.2 cm³/mol. The molecule has 0 fully saturated rings. The molecule has 1 aromatic heterocycles. The fourth-order valence-electron chi connectivity index (χ4n) is 2.02. The van der Waals surface area contributed by atoms with Gasteiger partial charge in [-0.3, -0.25) is 0 Å². The number of anilines is 1. The lowest BCUT2D eigenvalue weighted by molar-refractivity contribution is 0.205. The lowest BCUT2D eigenvalue weighted by atomic mass is 10.2. The van der Waals surface area contributed by atoms with Crippen LogP contribution < -0.4 is 10.6 Å². The van der Waals surface area contributed by atoms with E-state index in [2.05, 4.69) is 17.0 Å². The molecule has 2 rings (SSSR count). The predicted octanol–water partition coefficient (Wildman–Crippen LogP) is 2.36. The minimum Gasteiger partial charge on any atom is -0.393 e. The fourth-order valence-corrected chi connectivity index (χ4v) is 2.11. The number of thiocarbonyl (C=S) groups is 1. The number of hydrogen-bond acceptors (Lipinski definition) is 4. The average Bonchev–Trinajstić information content (AvgIpc) is 2.46. The molecule has 0 atom stereocenters. The zero-order valence-corrected chi connectivity index (χ0v) is 12.4. The highest BCUT2D eigenvalue weighted by atomic mass is 32.1. The topological polar surface area (TPSA) is 51.4 Å². The molecule has 0 unspecified atom stereocenters. The average molecular weight is 289 g/mol. The van der Waals surface area contributed by atoms with Crippen LogP contribution in [0.3, 0.4) is 0 Å². The van der Waals surface area contributed by atoms with Gasteiger partial charge < -0.3 is 15.4 Å². The Hall–Kier alpha value is -1.72. The van der Waals surface area contributed by atoms with Crippen LogP contribution in [0.2, 0.25) is 0 Å². The molecule has 0 spiro atoms. The molecule has 0 aliphatic carbocycles. The zero-order chi connectivity index (χ0) is 14.4. The molecule has 0 saturated heterocycles. The van der Waals surface area contributed by atoms with Gasteiger partial charge in [0.1, 0.15) is 5.82 Å². The maximum atomic E-state index is 5.59. The van der Waals surface area contributed by atoms with Crippen LogP contribution in [-0.4, -0.2) is 36.8 Å². The molecule has 2 aromatic rings. The summed E-state index contributed by atoms with van der Waals surface area (Å²) in [5.41, 5.74) is 6.58. The molecule has 1 aromatic carbocycles. The Morgan fingerprint density at radius 3 is 2.80 bits per heavy atom. The number of para-hydroxylation sites is 1. The van der Waals surface area contributed by atoms with E-state index in [4.69, 9.17) is 27.7 Å². The van der Waals surface area contributed by atoms with E-state index in [0.29, 0.717) is 18.0 Å². The van der Waals surface area contributed by atoms with E-state index >= 15 is 0 Å². The minimum atomic E-state index is 0.521. The lowest BCUT2D eigenvalue weighted by Gasteiger charge is -2.23. The molecule has 0 amide bonds. The van der Waals surface area contributed by atoms with Crippen molar-refractivity contribution in [1.82, 2.24) is 4.98 Å². The van der Waals surface area contributed by atoms with Gasteiger partial charge in [0.25, 0.3) is 0 Å². The number of ether oxygens (including phenoxy) is 1. The van der Waals surface area contributed by atoms with Gasteiger partial charge in [0.2, 0.25) is 0 Å². The Morgan fingerprint density at radius 2 is 2.05 bits per heavy atom. The van der Waals surface area contributed by atoms with E-state index in [1.54, 1.807) is 7.11 Å². The second-order valence-corrected chi connectivity index (χ2v) is 5.08. The summed E-state index contributed by atoms with van der Waals surface area (Å²) in [5, 5.41) is 1.14. The van der Waals surface area contributed by atoms with Crippen molar-refractivity contribution in [2.45, 2.75) is 6.42 Å². The van der Waals surface area contributed by atoms with Crippen LogP contribution in [0, 0.1) is 0 Å². The molecular weight excluding hydrogens is 270 g/mol. The summed E-state index contributed by atoms with van der Waals surface area (Å²) in [4.78, 5) is 7.36. The van der Waals surface area contributed by atoms with Crippen molar-refractivity contribution >= 4 is 33.9 Å². The summed E-state index contributed by atoms with van der Waals surface area (Å²) in [7, 11) is 1.69. The maximum Gasteiger partial charge on any atom is 0.129 e. The molecule has 2 N–H and O–H groups in total. The molecule has 20 heavy (non-hydrogen) atoms. The Kier molecular flexibility index (Phi) is 5.26. The third-order valence-electron chi connectivity index (χ3n) is 3.10. The first-order valence-corrected chi connectivity index (χ1v) is 6.99. The van der Waals surface area contributed by atoms with Gasteiger partial charge in [0.05, 0.1) is 17.1 Å². The van der Waals surface area contributed by atoms with Gasteiger partial charge >= 0.3 is 0 Å². The summed E-state index contributed by atoms with van der Waals surface area (Å²) in [6.45, 7) is 2.17. The Bertz CT molecular complexity index is 588. The molecule has 0 aliphatic heterocycles. The summed E-state index contributed by atoms with van der Waals surface area (Å²) >= 11 is 4.95. The van der Waals surface area contributed by atoms with Crippen molar-refractivity contribution in [3.05, 3.63) is 36.4 Å². The van der Waals surface area contributed by atoms with Crippen LogP contribution in [0.1, 0.15) is 6.42 Å². The molecule has 0 bridgehead atoms. The monoisotopic (exact) mass is 289 g/mol. The summed E-state index contributed by atoms with van der Waals surface area (Å²) in [5.74, 6) is 0.928. The third-order valence-corrected chi connectivity index (χ3v) is 3.31. The van der Waals surface area contributed by atoms with Gasteiger partial charge in [-0.05, 0) is 18.2 Å². The van der Waals surface area contributed by atoms with Crippen LogP contribution in [0.15, 0.2) is 36.4 Å². The summed E-state index contributed by atoms with van der Waals surface area (Å²) < 4.78 is 5.15. The molecule has 0 aliphatic rings. The van der Waals surface area contributed by atoms with Gasteiger partial charge in [-0.15, -0.1) is 0 Å². The smallest absolute Gasteiger partial charge is 0.129 e. The number of nitrogens with zero attached hydrogens (tertiary/aromatic N) is 2. The maximum absolute atomic E-state index is 5.59. The van der Waals surface area contributed by atoms with Crippen LogP contribution in [0.5, 0.6) is 0 Å². The first-order valence-electron chi connectivity index (χ1n) is 6.58. The van der Waals surface area contributed by atoms with Gasteiger partial charge in [-0.1, -0.05) is 30.4 Å². The lowest BCUT2D eigenvalue weighted by Crippen LogP contribution is -2.31. The van der Waals surface area contributed by atoms with Crippen LogP contribution >= 0.6 is 12.2 Å². The number of pyridine rings is 1. The molecule has 106 valence electrons. The Balaban J connectivity index is 2.21. The second kappa shape index (κ2) is 7.17. The third kappa shape index (κ3) is 3.88. The Morgan fingerprint density at radius 1 is 1.25 bits per heavy atom. The summed E-state index contributed by atoms with van der Waals surface area (Å²) in [6.07, 6.45) is 0.674. The molecule has 5 heteroatoms. The zero-order valence-electron chi connectivity index (χ0n) is 11.6. The number of fused-ring (bicyclic) bond motifs is 1. The first kappa shape index (κ1) is 14.7. The van der Waals surface area contributed by atoms with Crippen LogP contribution in [-0.2, 0) is 4.74 Å². The highest BCUT2D eigenvalue weighted by Gasteiger charge is 2.09. The molecule has 1 heterocycles. The standard InChI is InChI=1S/C15H19N3OS/c1-19-11-10-18(9-8-14(16)20)15-7-6-12-4-2-3-5-13(12)17-15/h2-7H,8-11H2,1H3,(H2,16,20).